The molecule has 2 aromatic rings. The molecular weight excluding hydrogens is 326 g/mol. The highest BCUT2D eigenvalue weighted by atomic mass is 35.5. The number of carbonyl (C=O) groups is 1. The van der Waals surface area contributed by atoms with Gasteiger partial charge >= 0.3 is 0 Å². The Hall–Kier alpha value is -2.40. The number of para-hydroxylation sites is 1. The van der Waals surface area contributed by atoms with E-state index in [-0.39, 0.29) is 5.91 Å². The number of carbonyl (C=O) groups excluding carboxylic acids is 1. The summed E-state index contributed by atoms with van der Waals surface area (Å²) in [6.07, 6.45) is 0. The van der Waals surface area contributed by atoms with Crippen molar-refractivity contribution in [1.82, 2.24) is 4.90 Å². The van der Waals surface area contributed by atoms with Crippen LogP contribution in [0.25, 0.3) is 0 Å². The summed E-state index contributed by atoms with van der Waals surface area (Å²) < 4.78 is 5.12. The normalized spacial score (nSPS) is 14.6. The highest BCUT2D eigenvalue weighted by molar-refractivity contribution is 6.34. The molecular formula is C18H20ClN3O2. The molecule has 2 N–H and O–H groups in total. The fourth-order valence-electron chi connectivity index (χ4n) is 2.91. The van der Waals surface area contributed by atoms with Gasteiger partial charge in [0, 0.05) is 31.7 Å². The number of hydrogen-bond donors (Lipinski definition) is 1. The van der Waals surface area contributed by atoms with Gasteiger partial charge in [0.05, 0.1) is 23.5 Å². The molecule has 126 valence electrons. The second-order valence-electron chi connectivity index (χ2n) is 5.69. The molecule has 0 unspecified atom stereocenters. The van der Waals surface area contributed by atoms with Crippen LogP contribution in [0, 0.1) is 0 Å². The molecule has 6 heteroatoms. The first-order valence-electron chi connectivity index (χ1n) is 7.82. The summed E-state index contributed by atoms with van der Waals surface area (Å²) in [7, 11) is 1.61. The molecule has 0 atom stereocenters. The van der Waals surface area contributed by atoms with Gasteiger partial charge in [-0.15, -0.1) is 0 Å². The van der Waals surface area contributed by atoms with Crippen LogP contribution in [-0.4, -0.2) is 44.1 Å². The lowest BCUT2D eigenvalue weighted by Gasteiger charge is -2.37. The fraction of sp³-hybridized carbons (Fsp3) is 0.278. The summed E-state index contributed by atoms with van der Waals surface area (Å²) in [5, 5.41) is 0.643. The molecule has 1 heterocycles. The van der Waals surface area contributed by atoms with Gasteiger partial charge in [0.1, 0.15) is 5.75 Å². The Labute approximate surface area is 146 Å². The molecule has 2 aromatic carbocycles. The van der Waals surface area contributed by atoms with E-state index in [4.69, 9.17) is 22.1 Å². The van der Waals surface area contributed by atoms with E-state index in [0.717, 1.165) is 11.4 Å². The second kappa shape index (κ2) is 7.01. The van der Waals surface area contributed by atoms with Crippen LogP contribution in [0.1, 0.15) is 10.4 Å². The summed E-state index contributed by atoms with van der Waals surface area (Å²) in [6.45, 7) is 2.68. The molecule has 0 spiro atoms. The summed E-state index contributed by atoms with van der Waals surface area (Å²) in [5.74, 6) is 0.773. The van der Waals surface area contributed by atoms with E-state index in [9.17, 15) is 4.79 Å². The van der Waals surface area contributed by atoms with Gasteiger partial charge in [-0.25, -0.2) is 0 Å². The molecule has 0 saturated carbocycles. The number of nitrogen functional groups attached to an aromatic ring is 1. The minimum absolute atomic E-state index is 0.0319. The molecule has 1 saturated heterocycles. The number of nitrogens with two attached hydrogens (primary N) is 1. The number of amides is 1. The molecule has 5 nitrogen and oxygen atoms in total. The lowest BCUT2D eigenvalue weighted by molar-refractivity contribution is 0.0747. The first kappa shape index (κ1) is 16.5. The second-order valence-corrected chi connectivity index (χ2v) is 6.09. The zero-order chi connectivity index (χ0) is 17.1. The fourth-order valence-corrected chi connectivity index (χ4v) is 3.22. The Balaban J connectivity index is 1.67. The van der Waals surface area contributed by atoms with Gasteiger partial charge < -0.3 is 20.3 Å². The van der Waals surface area contributed by atoms with Crippen molar-refractivity contribution in [2.45, 2.75) is 0 Å². The van der Waals surface area contributed by atoms with Crippen LogP contribution in [0.15, 0.2) is 42.5 Å². The summed E-state index contributed by atoms with van der Waals surface area (Å²) in [6, 6.07) is 12.7. The largest absolute Gasteiger partial charge is 0.497 e. The van der Waals surface area contributed by atoms with E-state index in [1.54, 1.807) is 31.4 Å². The van der Waals surface area contributed by atoms with Crippen molar-refractivity contribution in [3.05, 3.63) is 53.1 Å². The SMILES string of the molecule is COc1ccc(C(=O)N2CCN(c3c(N)cccc3Cl)CC2)cc1. The third-order valence-corrected chi connectivity index (χ3v) is 4.54. The zero-order valence-electron chi connectivity index (χ0n) is 13.5. The van der Waals surface area contributed by atoms with E-state index in [1.807, 2.05) is 23.1 Å². The van der Waals surface area contributed by atoms with Gasteiger partial charge in [0.15, 0.2) is 0 Å². The number of hydrogen-bond acceptors (Lipinski definition) is 4. The molecule has 1 aliphatic rings. The van der Waals surface area contributed by atoms with Crippen LogP contribution >= 0.6 is 11.6 Å². The van der Waals surface area contributed by atoms with E-state index in [2.05, 4.69) is 4.90 Å². The Bertz CT molecular complexity index is 705. The number of rotatable bonds is 3. The number of benzene rings is 2. The van der Waals surface area contributed by atoms with Crippen molar-refractivity contribution >= 4 is 28.9 Å². The van der Waals surface area contributed by atoms with Crippen LogP contribution in [0.4, 0.5) is 11.4 Å². The molecule has 0 radical (unpaired) electrons. The third-order valence-electron chi connectivity index (χ3n) is 4.24. The predicted octanol–water partition coefficient (Wildman–Crippen LogP) is 2.89. The van der Waals surface area contributed by atoms with Crippen LogP contribution < -0.4 is 15.4 Å². The van der Waals surface area contributed by atoms with Crippen molar-refractivity contribution in [2.24, 2.45) is 0 Å². The van der Waals surface area contributed by atoms with E-state index in [0.29, 0.717) is 42.5 Å². The van der Waals surface area contributed by atoms with Crippen molar-refractivity contribution in [3.63, 3.8) is 0 Å². The molecule has 0 aromatic heterocycles. The monoisotopic (exact) mass is 345 g/mol. The minimum Gasteiger partial charge on any atom is -0.497 e. The summed E-state index contributed by atoms with van der Waals surface area (Å²) >= 11 is 6.27. The van der Waals surface area contributed by atoms with Crippen molar-refractivity contribution < 1.29 is 9.53 Å². The van der Waals surface area contributed by atoms with Crippen LogP contribution in [-0.2, 0) is 0 Å². The lowest BCUT2D eigenvalue weighted by atomic mass is 10.1. The van der Waals surface area contributed by atoms with Crippen molar-refractivity contribution in [1.29, 1.82) is 0 Å². The van der Waals surface area contributed by atoms with Crippen LogP contribution in [0.5, 0.6) is 5.75 Å². The van der Waals surface area contributed by atoms with Gasteiger partial charge in [-0.3, -0.25) is 4.79 Å². The van der Waals surface area contributed by atoms with Crippen LogP contribution in [0.3, 0.4) is 0 Å². The van der Waals surface area contributed by atoms with E-state index in [1.165, 1.54) is 0 Å². The number of piperazine rings is 1. The predicted molar refractivity (Wildman–Crippen MR) is 97.0 cm³/mol. The number of nitrogens with zero attached hydrogens (tertiary/aromatic N) is 2. The third kappa shape index (κ3) is 3.26. The Morgan fingerprint density at radius 2 is 1.75 bits per heavy atom. The number of halogens is 1. The van der Waals surface area contributed by atoms with Crippen molar-refractivity contribution in [3.8, 4) is 5.75 Å². The summed E-state index contributed by atoms with van der Waals surface area (Å²) in [5.41, 5.74) is 8.24. The van der Waals surface area contributed by atoms with Crippen molar-refractivity contribution in [2.75, 3.05) is 43.9 Å². The average molecular weight is 346 g/mol. The average Bonchev–Trinajstić information content (AvgIpc) is 2.62. The smallest absolute Gasteiger partial charge is 0.253 e. The quantitative estimate of drug-likeness (QED) is 0.869. The maximum atomic E-state index is 12.6. The molecule has 1 fully saturated rings. The van der Waals surface area contributed by atoms with Gasteiger partial charge in [-0.1, -0.05) is 17.7 Å². The Kier molecular flexibility index (Phi) is 4.81. The molecule has 1 aliphatic heterocycles. The maximum Gasteiger partial charge on any atom is 0.253 e. The number of anilines is 2. The number of ether oxygens (including phenoxy) is 1. The topological polar surface area (TPSA) is 58.8 Å². The first-order chi connectivity index (χ1) is 11.6. The van der Waals surface area contributed by atoms with Gasteiger partial charge in [0.2, 0.25) is 0 Å². The number of methoxy groups -OCH3 is 1. The van der Waals surface area contributed by atoms with E-state index < -0.39 is 0 Å². The van der Waals surface area contributed by atoms with E-state index >= 15 is 0 Å². The molecule has 1 amide bonds. The highest BCUT2D eigenvalue weighted by Crippen LogP contribution is 2.32. The lowest BCUT2D eigenvalue weighted by Crippen LogP contribution is -2.49. The summed E-state index contributed by atoms with van der Waals surface area (Å²) in [4.78, 5) is 16.6. The highest BCUT2D eigenvalue weighted by Gasteiger charge is 2.24. The molecule has 24 heavy (non-hydrogen) atoms. The maximum absolute atomic E-state index is 12.6. The standard InChI is InChI=1S/C18H20ClN3O2/c1-24-14-7-5-13(6-8-14)18(23)22-11-9-21(10-12-22)17-15(19)3-2-4-16(17)20/h2-8H,9-12,20H2,1H3. The van der Waals surface area contributed by atoms with Gasteiger partial charge in [-0.2, -0.15) is 0 Å². The molecule has 0 bridgehead atoms. The minimum atomic E-state index is 0.0319. The first-order valence-corrected chi connectivity index (χ1v) is 8.20. The molecule has 3 rings (SSSR count). The van der Waals surface area contributed by atoms with Crippen LogP contribution in [0.2, 0.25) is 5.02 Å². The van der Waals surface area contributed by atoms with Gasteiger partial charge in [-0.05, 0) is 36.4 Å². The Morgan fingerprint density at radius 3 is 2.33 bits per heavy atom. The zero-order valence-corrected chi connectivity index (χ0v) is 14.3. The van der Waals surface area contributed by atoms with Gasteiger partial charge in [0.25, 0.3) is 5.91 Å². The molecule has 0 aliphatic carbocycles. The Morgan fingerprint density at radius 1 is 1.08 bits per heavy atom.